The van der Waals surface area contributed by atoms with Gasteiger partial charge in [-0.25, -0.2) is 4.98 Å². The van der Waals surface area contributed by atoms with Crippen molar-refractivity contribution in [1.82, 2.24) is 4.98 Å². The van der Waals surface area contributed by atoms with Crippen molar-refractivity contribution in [2.24, 2.45) is 11.7 Å². The van der Waals surface area contributed by atoms with E-state index in [9.17, 15) is 0 Å². The Morgan fingerprint density at radius 2 is 2.10 bits per heavy atom. The fourth-order valence-corrected chi connectivity index (χ4v) is 2.71. The number of pyridine rings is 1. The van der Waals surface area contributed by atoms with Gasteiger partial charge in [0, 0.05) is 18.0 Å². The molecule has 21 heavy (non-hydrogen) atoms. The summed E-state index contributed by atoms with van der Waals surface area (Å²) < 4.78 is 0. The average molecular weight is 282 g/mol. The molecule has 0 spiro atoms. The van der Waals surface area contributed by atoms with Crippen molar-refractivity contribution in [1.29, 1.82) is 5.41 Å². The van der Waals surface area contributed by atoms with Crippen LogP contribution in [-0.2, 0) is 0 Å². The third kappa shape index (κ3) is 2.84. The molecule has 1 aliphatic carbocycles. The Bertz CT molecular complexity index is 674. The molecule has 0 atom stereocenters. The van der Waals surface area contributed by atoms with Crippen LogP contribution in [0.25, 0.3) is 10.9 Å². The molecule has 1 heterocycles. The largest absolute Gasteiger partial charge is 0.384 e. The number of aromatic nitrogens is 1. The molecule has 110 valence electrons. The van der Waals surface area contributed by atoms with Crippen molar-refractivity contribution in [2.45, 2.75) is 32.7 Å². The minimum Gasteiger partial charge on any atom is -0.384 e. The summed E-state index contributed by atoms with van der Waals surface area (Å²) in [6, 6.07) is 10.6. The van der Waals surface area contributed by atoms with E-state index in [-0.39, 0.29) is 5.84 Å². The van der Waals surface area contributed by atoms with Crippen LogP contribution in [0.5, 0.6) is 0 Å². The quantitative estimate of drug-likeness (QED) is 0.654. The fraction of sp³-hybridized carbons (Fsp3) is 0.412. The van der Waals surface area contributed by atoms with Crippen molar-refractivity contribution in [2.75, 3.05) is 11.4 Å². The predicted octanol–water partition coefficient (Wildman–Crippen LogP) is 3.14. The summed E-state index contributed by atoms with van der Waals surface area (Å²) in [5.74, 6) is 1.52. The molecule has 1 aromatic heterocycles. The van der Waals surface area contributed by atoms with Crippen LogP contribution < -0.4 is 10.6 Å². The molecule has 0 aliphatic heterocycles. The maximum atomic E-state index is 7.90. The number of amidine groups is 1. The van der Waals surface area contributed by atoms with Gasteiger partial charge in [-0.15, -0.1) is 0 Å². The first-order valence-electron chi connectivity index (χ1n) is 7.57. The number of nitrogens with two attached hydrogens (primary N) is 1. The van der Waals surface area contributed by atoms with Crippen LogP contribution in [0.1, 0.15) is 32.3 Å². The van der Waals surface area contributed by atoms with Gasteiger partial charge in [-0.05, 0) is 30.9 Å². The van der Waals surface area contributed by atoms with Crippen LogP contribution in [0, 0.1) is 11.3 Å². The van der Waals surface area contributed by atoms with Gasteiger partial charge >= 0.3 is 0 Å². The highest BCUT2D eigenvalue weighted by Crippen LogP contribution is 2.34. The standard InChI is InChI=1S/C17H22N4/c1-11(2)10-21(13-7-8-13)17-14(16(18)19)9-12-5-3-4-6-15(12)20-17/h3-6,9,11,13H,7-8,10H2,1-2H3,(H3,18,19). The maximum absolute atomic E-state index is 7.90. The Labute approximate surface area is 125 Å². The van der Waals surface area contributed by atoms with Gasteiger partial charge in [-0.1, -0.05) is 32.0 Å². The third-order valence-corrected chi connectivity index (χ3v) is 3.82. The van der Waals surface area contributed by atoms with Crippen LogP contribution in [0.15, 0.2) is 30.3 Å². The molecule has 4 nitrogen and oxygen atoms in total. The first-order chi connectivity index (χ1) is 10.1. The van der Waals surface area contributed by atoms with Gasteiger partial charge in [0.2, 0.25) is 0 Å². The third-order valence-electron chi connectivity index (χ3n) is 3.82. The first kappa shape index (κ1) is 13.9. The van der Waals surface area contributed by atoms with Gasteiger partial charge in [0.15, 0.2) is 0 Å². The Kier molecular flexibility index (Phi) is 3.53. The van der Waals surface area contributed by atoms with Crippen LogP contribution in [0.2, 0.25) is 0 Å². The monoisotopic (exact) mass is 282 g/mol. The van der Waals surface area contributed by atoms with Crippen molar-refractivity contribution >= 4 is 22.6 Å². The highest BCUT2D eigenvalue weighted by Gasteiger charge is 2.32. The Balaban J connectivity index is 2.13. The Hall–Kier alpha value is -2.10. The minimum atomic E-state index is 0.0951. The average Bonchev–Trinajstić information content (AvgIpc) is 3.27. The zero-order valence-electron chi connectivity index (χ0n) is 12.6. The number of nitrogens with zero attached hydrogens (tertiary/aromatic N) is 2. The number of para-hydroxylation sites is 1. The lowest BCUT2D eigenvalue weighted by Crippen LogP contribution is -2.33. The van der Waals surface area contributed by atoms with E-state index >= 15 is 0 Å². The zero-order chi connectivity index (χ0) is 15.0. The molecule has 0 unspecified atom stereocenters. The topological polar surface area (TPSA) is 66.0 Å². The number of anilines is 1. The van der Waals surface area contributed by atoms with Gasteiger partial charge in [-0.2, -0.15) is 0 Å². The van der Waals surface area contributed by atoms with Gasteiger partial charge in [0.25, 0.3) is 0 Å². The molecule has 0 bridgehead atoms. The van der Waals surface area contributed by atoms with Crippen LogP contribution in [0.4, 0.5) is 5.82 Å². The summed E-state index contributed by atoms with van der Waals surface area (Å²) in [5, 5.41) is 8.93. The Morgan fingerprint density at radius 3 is 2.71 bits per heavy atom. The van der Waals surface area contributed by atoms with Gasteiger partial charge in [0.1, 0.15) is 11.7 Å². The van der Waals surface area contributed by atoms with Crippen LogP contribution in [-0.4, -0.2) is 23.4 Å². The smallest absolute Gasteiger partial charge is 0.140 e. The normalized spacial score (nSPS) is 14.6. The lowest BCUT2D eigenvalue weighted by Gasteiger charge is -2.27. The van der Waals surface area contributed by atoms with E-state index in [2.05, 4.69) is 18.7 Å². The molecule has 3 rings (SSSR count). The van der Waals surface area contributed by atoms with Crippen molar-refractivity contribution in [3.05, 3.63) is 35.9 Å². The summed E-state index contributed by atoms with van der Waals surface area (Å²) in [7, 11) is 0. The summed E-state index contributed by atoms with van der Waals surface area (Å²) in [5.41, 5.74) is 7.53. The number of benzene rings is 1. The van der Waals surface area contributed by atoms with E-state index in [1.807, 2.05) is 30.3 Å². The SMILES string of the molecule is CC(C)CN(c1nc2ccccc2cc1C(=N)N)C1CC1. The fourth-order valence-electron chi connectivity index (χ4n) is 2.71. The molecule has 1 fully saturated rings. The second-order valence-electron chi connectivity index (χ2n) is 6.24. The van der Waals surface area contributed by atoms with E-state index in [1.54, 1.807) is 0 Å². The van der Waals surface area contributed by atoms with Gasteiger partial charge < -0.3 is 10.6 Å². The first-order valence-corrected chi connectivity index (χ1v) is 7.57. The number of fused-ring (bicyclic) bond motifs is 1. The van der Waals surface area contributed by atoms with Gasteiger partial charge in [0.05, 0.1) is 11.1 Å². The summed E-state index contributed by atoms with van der Waals surface area (Å²) in [6.07, 6.45) is 2.41. The molecular formula is C17H22N4. The summed E-state index contributed by atoms with van der Waals surface area (Å²) >= 11 is 0. The Morgan fingerprint density at radius 1 is 1.38 bits per heavy atom. The molecule has 3 N–H and O–H groups in total. The maximum Gasteiger partial charge on any atom is 0.140 e. The lowest BCUT2D eigenvalue weighted by molar-refractivity contribution is 0.603. The number of hydrogen-bond acceptors (Lipinski definition) is 3. The van der Waals surface area contributed by atoms with Crippen LogP contribution >= 0.6 is 0 Å². The minimum absolute atomic E-state index is 0.0951. The summed E-state index contributed by atoms with van der Waals surface area (Å²) in [6.45, 7) is 5.38. The second kappa shape index (κ2) is 5.35. The zero-order valence-corrected chi connectivity index (χ0v) is 12.6. The highest BCUT2D eigenvalue weighted by atomic mass is 15.2. The van der Waals surface area contributed by atoms with Crippen molar-refractivity contribution in [3.8, 4) is 0 Å². The molecule has 2 aromatic rings. The molecule has 1 aromatic carbocycles. The molecule has 1 saturated carbocycles. The molecule has 0 saturated heterocycles. The highest BCUT2D eigenvalue weighted by molar-refractivity contribution is 6.03. The van der Waals surface area contributed by atoms with E-state index in [0.29, 0.717) is 12.0 Å². The second-order valence-corrected chi connectivity index (χ2v) is 6.24. The van der Waals surface area contributed by atoms with Crippen LogP contribution in [0.3, 0.4) is 0 Å². The number of nitrogen functional groups attached to an aromatic ring is 1. The lowest BCUT2D eigenvalue weighted by atomic mass is 10.1. The molecule has 0 radical (unpaired) electrons. The van der Waals surface area contributed by atoms with E-state index in [4.69, 9.17) is 16.1 Å². The van der Waals surface area contributed by atoms with E-state index in [0.717, 1.165) is 28.8 Å². The van der Waals surface area contributed by atoms with Crippen molar-refractivity contribution in [3.63, 3.8) is 0 Å². The molecule has 4 heteroatoms. The number of nitrogens with one attached hydrogen (secondary N) is 1. The molecule has 0 amide bonds. The summed E-state index contributed by atoms with van der Waals surface area (Å²) in [4.78, 5) is 7.16. The number of rotatable bonds is 5. The molecule has 1 aliphatic rings. The van der Waals surface area contributed by atoms with Gasteiger partial charge in [-0.3, -0.25) is 5.41 Å². The van der Waals surface area contributed by atoms with E-state index in [1.165, 1.54) is 12.8 Å². The predicted molar refractivity (Wildman–Crippen MR) is 88.0 cm³/mol. The van der Waals surface area contributed by atoms with E-state index < -0.39 is 0 Å². The number of hydrogen-bond donors (Lipinski definition) is 2. The molecular weight excluding hydrogens is 260 g/mol. The van der Waals surface area contributed by atoms with Crippen molar-refractivity contribution < 1.29 is 0 Å².